The van der Waals surface area contributed by atoms with E-state index in [1.165, 1.54) is 17.0 Å². The predicted octanol–water partition coefficient (Wildman–Crippen LogP) is 0.749. The monoisotopic (exact) mass is 1320 g/mol. The van der Waals surface area contributed by atoms with Crippen molar-refractivity contribution in [2.24, 2.45) is 34.0 Å². The Bertz CT molecular complexity index is 3470. The molecule has 514 valence electrons. The van der Waals surface area contributed by atoms with Crippen LogP contribution in [0, 0.1) is 23.7 Å². The first-order chi connectivity index (χ1) is 46.0. The number of benzene rings is 4. The summed E-state index contributed by atoms with van der Waals surface area (Å²) in [5.74, 6) is -5.10. The molecule has 17 N–H and O–H groups in total. The van der Waals surface area contributed by atoms with Crippen molar-refractivity contribution in [1.82, 2.24) is 47.4 Å². The third kappa shape index (κ3) is 22.8. The van der Waals surface area contributed by atoms with Crippen LogP contribution in [0.25, 0.3) is 0 Å². The van der Waals surface area contributed by atoms with E-state index in [4.69, 9.17) is 17.2 Å². The van der Waals surface area contributed by atoms with Gasteiger partial charge in [0.25, 0.3) is 5.91 Å². The van der Waals surface area contributed by atoms with Crippen molar-refractivity contribution in [3.63, 3.8) is 0 Å². The lowest BCUT2D eigenvalue weighted by atomic mass is 9.95. The van der Waals surface area contributed by atoms with E-state index in [1.54, 1.807) is 125 Å². The number of rotatable bonds is 19. The summed E-state index contributed by atoms with van der Waals surface area (Å²) in [5, 5.41) is 44.8. The van der Waals surface area contributed by atoms with Gasteiger partial charge in [0.15, 0.2) is 5.96 Å². The van der Waals surface area contributed by atoms with Gasteiger partial charge in [-0.15, -0.1) is 0 Å². The maximum Gasteiger partial charge on any atom is 0.305 e. The average Bonchev–Trinajstić information content (AvgIpc) is 1.52. The molecule has 4 aromatic rings. The zero-order chi connectivity index (χ0) is 69.8. The minimum atomic E-state index is -1.84. The van der Waals surface area contributed by atoms with E-state index in [0.29, 0.717) is 30.4 Å². The van der Waals surface area contributed by atoms with E-state index >= 15 is 4.79 Å². The number of fused-ring (bicyclic) bond motifs is 3. The Morgan fingerprint density at radius 3 is 1.73 bits per heavy atom. The van der Waals surface area contributed by atoms with Crippen LogP contribution < -0.4 is 65.1 Å². The first-order valence-corrected chi connectivity index (χ1v) is 32.4. The summed E-state index contributed by atoms with van der Waals surface area (Å²) >= 11 is 0. The molecule has 27 heteroatoms. The molecule has 0 aliphatic carbocycles. The molecule has 6 rings (SSSR count). The number of anilines is 1. The Kier molecular flexibility index (Phi) is 29.3. The Hall–Kier alpha value is -10.2. The molecule has 1 fully saturated rings. The molecule has 2 heterocycles. The Balaban J connectivity index is 1.44. The molecular weight excluding hydrogens is 1230 g/mol. The minimum absolute atomic E-state index is 0.0278. The first-order valence-electron chi connectivity index (χ1n) is 32.4. The second-order valence-electron chi connectivity index (χ2n) is 24.3. The third-order valence-corrected chi connectivity index (χ3v) is 16.4. The highest BCUT2D eigenvalue weighted by molar-refractivity contribution is 6.03. The van der Waals surface area contributed by atoms with E-state index in [0.717, 1.165) is 0 Å². The van der Waals surface area contributed by atoms with E-state index < -0.39 is 138 Å². The van der Waals surface area contributed by atoms with Gasteiger partial charge in [0.05, 0.1) is 24.3 Å². The van der Waals surface area contributed by atoms with Crippen LogP contribution in [0.2, 0.25) is 0 Å². The van der Waals surface area contributed by atoms with Gasteiger partial charge in [0, 0.05) is 37.1 Å². The SMILES string of the molecule is CC[C@H](C)[C@@H]1NC(=O)[C@H](Cc2ccccc2)NC(=O)[C@@H]2CCCN2C(=O)[C@H](CCCN=C(N)N)NC(=O)[C@H](Cc2ccccc2)NC(=O)c2ccccc2C#Cc2ccccc2NC(=O)[C@H](CO)NC(=O)[C@H](CCCCN)NC(=O)[C@H](CC(=O)O)NC(=O)[C@H](CC(C)C)NC1=O. The van der Waals surface area contributed by atoms with Crippen LogP contribution >= 0.6 is 0 Å². The number of nitrogens with zero attached hydrogens (tertiary/aromatic N) is 2. The van der Waals surface area contributed by atoms with Crippen LogP contribution in [0.3, 0.4) is 0 Å². The van der Waals surface area contributed by atoms with Crippen LogP contribution in [0.1, 0.15) is 125 Å². The molecule has 0 bridgehead atoms. The Morgan fingerprint density at radius 2 is 1.10 bits per heavy atom. The van der Waals surface area contributed by atoms with E-state index in [2.05, 4.69) is 64.7 Å². The first kappa shape index (κ1) is 74.8. The molecule has 2 aliphatic rings. The van der Waals surface area contributed by atoms with Crippen LogP contribution in [0.5, 0.6) is 0 Å². The van der Waals surface area contributed by atoms with E-state index in [9.17, 15) is 58.2 Å². The Labute approximate surface area is 558 Å². The summed E-state index contributed by atoms with van der Waals surface area (Å²) in [7, 11) is 0. The van der Waals surface area contributed by atoms with Gasteiger partial charge >= 0.3 is 5.97 Å². The molecule has 0 aromatic heterocycles. The fourth-order valence-corrected chi connectivity index (χ4v) is 11.1. The zero-order valence-electron chi connectivity index (χ0n) is 54.6. The number of hydrogen-bond donors (Lipinski definition) is 14. The molecule has 0 radical (unpaired) electrons. The van der Waals surface area contributed by atoms with Gasteiger partial charge in [-0.3, -0.25) is 57.7 Å². The van der Waals surface area contributed by atoms with E-state index in [1.807, 2.05) is 0 Å². The molecule has 2 aliphatic heterocycles. The molecule has 96 heavy (non-hydrogen) atoms. The molecule has 4 aromatic carbocycles. The van der Waals surface area contributed by atoms with Crippen molar-refractivity contribution >= 4 is 76.7 Å². The molecule has 10 amide bonds. The number of carboxylic acids is 1. The summed E-state index contributed by atoms with van der Waals surface area (Å²) in [5.41, 5.74) is 18.9. The fraction of sp³-hybridized carbons (Fsp3) is 0.449. The topological polar surface area (TPSA) is 430 Å². The smallest absolute Gasteiger partial charge is 0.305 e. The number of guanidine groups is 1. The van der Waals surface area contributed by atoms with Crippen molar-refractivity contribution in [2.75, 3.05) is 31.6 Å². The molecule has 0 unspecified atom stereocenters. The van der Waals surface area contributed by atoms with Crippen LogP contribution in [0.15, 0.2) is 114 Å². The van der Waals surface area contributed by atoms with Crippen LogP contribution in [-0.2, 0) is 60.8 Å². The predicted molar refractivity (Wildman–Crippen MR) is 358 cm³/mol. The summed E-state index contributed by atoms with van der Waals surface area (Å²) in [4.78, 5) is 164. The number of amides is 10. The molecule has 1 saturated heterocycles. The molecule has 0 spiro atoms. The molecule has 27 nitrogen and oxygen atoms in total. The quantitative estimate of drug-likeness (QED) is 0.0267. The second-order valence-corrected chi connectivity index (χ2v) is 24.3. The number of aliphatic imine (C=N–C) groups is 1. The average molecular weight is 1320 g/mol. The fourth-order valence-electron chi connectivity index (χ4n) is 11.1. The minimum Gasteiger partial charge on any atom is -0.481 e. The number of para-hydroxylation sites is 1. The van der Waals surface area contributed by atoms with Crippen LogP contribution in [0.4, 0.5) is 5.69 Å². The van der Waals surface area contributed by atoms with Gasteiger partial charge in [-0.2, -0.15) is 0 Å². The van der Waals surface area contributed by atoms with Crippen molar-refractivity contribution in [3.8, 4) is 11.8 Å². The molecule has 10 atom stereocenters. The number of hydrogen-bond acceptors (Lipinski definition) is 14. The highest BCUT2D eigenvalue weighted by atomic mass is 16.4. The summed E-state index contributed by atoms with van der Waals surface area (Å²) in [6.45, 7) is 6.35. The van der Waals surface area contributed by atoms with Gasteiger partial charge in [-0.1, -0.05) is 131 Å². The Morgan fingerprint density at radius 1 is 0.583 bits per heavy atom. The third-order valence-electron chi connectivity index (χ3n) is 16.4. The number of aliphatic hydroxyl groups excluding tert-OH is 1. The van der Waals surface area contributed by atoms with Crippen molar-refractivity contribution < 1.29 is 63.0 Å². The number of aliphatic hydroxyl groups is 1. The number of nitrogens with one attached hydrogen (secondary N) is 9. The lowest BCUT2D eigenvalue weighted by Crippen LogP contribution is -2.61. The lowest BCUT2D eigenvalue weighted by molar-refractivity contribution is -0.142. The second kappa shape index (κ2) is 37.6. The summed E-state index contributed by atoms with van der Waals surface area (Å²) in [6, 6.07) is 17.2. The van der Waals surface area contributed by atoms with Crippen molar-refractivity contribution in [3.05, 3.63) is 137 Å². The van der Waals surface area contributed by atoms with Crippen LogP contribution in [-0.4, -0.2) is 167 Å². The van der Waals surface area contributed by atoms with Gasteiger partial charge < -0.3 is 80.2 Å². The van der Waals surface area contributed by atoms with Gasteiger partial charge in [-0.05, 0) is 105 Å². The molecule has 0 saturated carbocycles. The highest BCUT2D eigenvalue weighted by Gasteiger charge is 2.41. The van der Waals surface area contributed by atoms with Crippen molar-refractivity contribution in [2.45, 2.75) is 159 Å². The molecular formula is C69H90N14O13. The summed E-state index contributed by atoms with van der Waals surface area (Å²) < 4.78 is 0. The largest absolute Gasteiger partial charge is 0.481 e. The number of carboxylic acid groups (broad SMARTS) is 1. The standard InChI is InChI=1S/C69H90N14O13/c1-5-42(4)58-67(95)80-51(36-41(2)3)61(89)78-54(39-57(85)86)63(91)75-49(28-16-17-33-70)60(88)81-55(40-84)65(93)74-48-27-15-13-25-46(48)32-31-45-24-12-14-26-47(45)59(87)77-52(37-43-20-8-6-9-21-43)62(90)76-50(29-18-34-73-69(71)72)68(96)83-35-19-30-56(83)66(94)79-53(64(92)82-58)38-44-22-10-7-11-23-44/h6-15,20-27,41-42,49-56,58,84H,5,16-19,28-30,33-40,70H2,1-4H3,(H,74,93)(H,75,91)(H,76,90)(H,77,87)(H,78,89)(H,79,94)(H,80,95)(H,81,88)(H,82,92)(H,85,86)(H4,71,72,73)/t42-,49-,50-,51-,52-,53-,54-,55-,56-,58-/m0/s1. The summed E-state index contributed by atoms with van der Waals surface area (Å²) in [6.07, 6.45) is 0.343. The van der Waals surface area contributed by atoms with Crippen molar-refractivity contribution in [1.29, 1.82) is 0 Å². The maximum absolute atomic E-state index is 15.1. The lowest BCUT2D eigenvalue weighted by Gasteiger charge is -2.31. The van der Waals surface area contributed by atoms with Gasteiger partial charge in [0.1, 0.15) is 54.4 Å². The zero-order valence-corrected chi connectivity index (χ0v) is 54.6. The normalized spacial score (nSPS) is 22.7. The number of nitrogens with two attached hydrogens (primary N) is 3. The van der Waals surface area contributed by atoms with E-state index in [-0.39, 0.29) is 105 Å². The number of carbonyl (C=O) groups excluding carboxylic acids is 10. The number of carbonyl (C=O) groups is 11. The maximum atomic E-state index is 15.1. The van der Waals surface area contributed by atoms with Gasteiger partial charge in [0.2, 0.25) is 53.2 Å². The number of unbranched alkanes of at least 4 members (excludes halogenated alkanes) is 1. The highest BCUT2D eigenvalue weighted by Crippen LogP contribution is 2.23. The number of aliphatic carboxylic acids is 1. The van der Waals surface area contributed by atoms with Gasteiger partial charge in [-0.25, -0.2) is 0 Å².